The summed E-state index contributed by atoms with van der Waals surface area (Å²) in [4.78, 5) is 0. The third-order valence-corrected chi connectivity index (χ3v) is 2.02. The molecule has 62 valence electrons. The molecule has 0 N–H and O–H groups in total. The summed E-state index contributed by atoms with van der Waals surface area (Å²) in [7, 11) is 5.45. The Labute approximate surface area is 77.3 Å². The Morgan fingerprint density at radius 2 is 2.00 bits per heavy atom. The van der Waals surface area contributed by atoms with Gasteiger partial charge in [0.2, 0.25) is 0 Å². The van der Waals surface area contributed by atoms with Gasteiger partial charge in [0.05, 0.1) is 0 Å². The summed E-state index contributed by atoms with van der Waals surface area (Å²) in [5.74, 6) is 0. The molecule has 0 bridgehead atoms. The van der Waals surface area contributed by atoms with E-state index < -0.39 is 0 Å². The van der Waals surface area contributed by atoms with E-state index in [1.54, 1.807) is 0 Å². The first-order valence-electron chi connectivity index (χ1n) is 3.28. The summed E-state index contributed by atoms with van der Waals surface area (Å²) in [6.07, 6.45) is 4.13. The number of allylic oxidation sites excluding steroid dienone is 1. The van der Waals surface area contributed by atoms with Crippen molar-refractivity contribution in [2.75, 3.05) is 0 Å². The van der Waals surface area contributed by atoms with Crippen LogP contribution in [0.1, 0.15) is 5.56 Å². The molecular weight excluding hydrogens is 202 g/mol. The summed E-state index contributed by atoms with van der Waals surface area (Å²) in [6, 6.07) is 10.2. The maximum absolute atomic E-state index is 5.45. The minimum atomic E-state index is 0.878. The van der Waals surface area contributed by atoms with E-state index in [0.29, 0.717) is 0 Å². The fourth-order valence-corrected chi connectivity index (χ4v) is 1.20. The van der Waals surface area contributed by atoms with Crippen LogP contribution in [0.3, 0.4) is 0 Å². The van der Waals surface area contributed by atoms with E-state index >= 15 is 0 Å². The van der Waals surface area contributed by atoms with Gasteiger partial charge in [-0.3, -0.25) is 0 Å². The fourth-order valence-electron chi connectivity index (χ4n) is 0.766. The van der Waals surface area contributed by atoms with Gasteiger partial charge in [0.1, 0.15) is 0 Å². The molecule has 1 rings (SSSR count). The Balaban J connectivity index is 2.50. The van der Waals surface area contributed by atoms with E-state index in [2.05, 4.69) is 24.3 Å². The van der Waals surface area contributed by atoms with Crippen LogP contribution in [0.2, 0.25) is 5.39 Å². The number of hydrogen-bond acceptors (Lipinski definition) is 0. The average Bonchev–Trinajstić information content (AvgIpc) is 2.07. The standard InChI is InChI=1S/C9H9.ClH.Ni/c1-2-6-9-7-4-3-5-8-9;;/h2-8H,1H2;1H;/q;;+1/p-1. The van der Waals surface area contributed by atoms with E-state index in [-0.39, 0.29) is 0 Å². The maximum atomic E-state index is 5.45. The van der Waals surface area contributed by atoms with Crippen LogP contribution in [0.4, 0.5) is 0 Å². The van der Waals surface area contributed by atoms with Crippen molar-refractivity contribution in [3.8, 4) is 0 Å². The van der Waals surface area contributed by atoms with Crippen molar-refractivity contribution in [3.63, 3.8) is 0 Å². The van der Waals surface area contributed by atoms with Crippen molar-refractivity contribution < 1.29 is 13.5 Å². The van der Waals surface area contributed by atoms with Gasteiger partial charge in [-0.25, -0.2) is 0 Å². The van der Waals surface area contributed by atoms with E-state index in [1.807, 2.05) is 18.2 Å². The minimum absolute atomic E-state index is 0.878. The first-order chi connectivity index (χ1) is 5.43. The van der Waals surface area contributed by atoms with Gasteiger partial charge in [0.25, 0.3) is 0 Å². The van der Waals surface area contributed by atoms with Crippen LogP contribution in [-0.4, -0.2) is 0 Å². The normalized spacial score (nSPS) is 11.0. The van der Waals surface area contributed by atoms with Gasteiger partial charge in [0.15, 0.2) is 0 Å². The molecule has 0 aliphatic rings. The molecule has 0 aliphatic heterocycles. The van der Waals surface area contributed by atoms with Crippen LogP contribution >= 0.6 is 10.2 Å². The van der Waals surface area contributed by atoms with Gasteiger partial charge in [-0.05, 0) is 0 Å². The van der Waals surface area contributed by atoms with Gasteiger partial charge >= 0.3 is 77.2 Å². The molecular formula is C9H9ClNi. The van der Waals surface area contributed by atoms with Gasteiger partial charge in [-0.1, -0.05) is 0 Å². The van der Waals surface area contributed by atoms with Crippen molar-refractivity contribution in [1.29, 1.82) is 0 Å². The molecule has 0 aromatic heterocycles. The number of rotatable bonds is 3. The van der Waals surface area contributed by atoms with Crippen molar-refractivity contribution >= 4 is 16.3 Å². The van der Waals surface area contributed by atoms with Crippen molar-refractivity contribution in [3.05, 3.63) is 42.0 Å². The summed E-state index contributed by atoms with van der Waals surface area (Å²) >= 11 is 1.15. The molecule has 1 aromatic carbocycles. The SMILES string of the molecule is [Cl][Ni][CH2]C=Cc1ccccc1. The van der Waals surface area contributed by atoms with Crippen molar-refractivity contribution in [2.24, 2.45) is 0 Å². The van der Waals surface area contributed by atoms with Gasteiger partial charge < -0.3 is 0 Å². The number of hydrogen-bond donors (Lipinski definition) is 0. The van der Waals surface area contributed by atoms with Gasteiger partial charge in [-0.15, -0.1) is 0 Å². The van der Waals surface area contributed by atoms with E-state index in [4.69, 9.17) is 10.2 Å². The van der Waals surface area contributed by atoms with Crippen LogP contribution in [0.15, 0.2) is 36.4 Å². The zero-order valence-electron chi connectivity index (χ0n) is 5.94. The third kappa shape index (κ3) is 3.60. The van der Waals surface area contributed by atoms with Gasteiger partial charge in [0, 0.05) is 0 Å². The molecule has 0 atom stereocenters. The molecule has 11 heavy (non-hydrogen) atoms. The Morgan fingerprint density at radius 3 is 2.64 bits per heavy atom. The predicted octanol–water partition coefficient (Wildman–Crippen LogP) is 3.35. The predicted molar refractivity (Wildman–Crippen MR) is 46.1 cm³/mol. The van der Waals surface area contributed by atoms with Crippen LogP contribution in [-0.2, 0) is 13.5 Å². The molecule has 0 heterocycles. The summed E-state index contributed by atoms with van der Waals surface area (Å²) in [5.41, 5.74) is 1.22. The first-order valence-corrected chi connectivity index (χ1v) is 5.34. The summed E-state index contributed by atoms with van der Waals surface area (Å²) < 4.78 is 0. The Morgan fingerprint density at radius 1 is 1.27 bits per heavy atom. The monoisotopic (exact) mass is 210 g/mol. The zero-order chi connectivity index (χ0) is 7.94. The number of benzene rings is 1. The Hall–Kier alpha value is -0.256. The van der Waals surface area contributed by atoms with E-state index in [9.17, 15) is 0 Å². The molecule has 0 radical (unpaired) electrons. The quantitative estimate of drug-likeness (QED) is 0.673. The molecule has 0 fully saturated rings. The van der Waals surface area contributed by atoms with Crippen molar-refractivity contribution in [2.45, 2.75) is 5.39 Å². The number of halogens is 1. The molecule has 2 heteroatoms. The molecule has 1 aromatic rings. The van der Waals surface area contributed by atoms with E-state index in [1.165, 1.54) is 5.56 Å². The topological polar surface area (TPSA) is 0 Å². The Kier molecular flexibility index (Phi) is 4.34. The molecule has 0 spiro atoms. The third-order valence-electron chi connectivity index (χ3n) is 1.23. The molecule has 0 saturated heterocycles. The van der Waals surface area contributed by atoms with Crippen LogP contribution in [0.25, 0.3) is 6.08 Å². The summed E-state index contributed by atoms with van der Waals surface area (Å²) in [6.45, 7) is 0. The Bertz CT molecular complexity index is 218. The van der Waals surface area contributed by atoms with E-state index in [0.717, 1.165) is 18.9 Å². The average molecular weight is 211 g/mol. The molecule has 0 amide bonds. The molecule has 0 unspecified atom stereocenters. The molecule has 0 saturated carbocycles. The second kappa shape index (κ2) is 5.40. The fraction of sp³-hybridized carbons (Fsp3) is 0.111. The second-order valence-electron chi connectivity index (χ2n) is 2.03. The zero-order valence-corrected chi connectivity index (χ0v) is 7.69. The second-order valence-corrected chi connectivity index (χ2v) is 3.39. The van der Waals surface area contributed by atoms with Crippen LogP contribution < -0.4 is 0 Å². The van der Waals surface area contributed by atoms with Crippen LogP contribution in [0, 0.1) is 0 Å². The summed E-state index contributed by atoms with van der Waals surface area (Å²) in [5, 5.41) is 0.878. The first kappa shape index (κ1) is 8.84. The van der Waals surface area contributed by atoms with Gasteiger partial charge in [-0.2, -0.15) is 0 Å². The molecule has 0 nitrogen and oxygen atoms in total. The van der Waals surface area contributed by atoms with Crippen molar-refractivity contribution in [1.82, 2.24) is 0 Å². The molecule has 0 aliphatic carbocycles. The van der Waals surface area contributed by atoms with Crippen LogP contribution in [0.5, 0.6) is 0 Å².